The number of halogens is 4. The Morgan fingerprint density at radius 2 is 1.93 bits per heavy atom. The summed E-state index contributed by atoms with van der Waals surface area (Å²) in [6.45, 7) is 8.87. The molecule has 9 heteroatoms. The molecule has 29 heavy (non-hydrogen) atoms. The summed E-state index contributed by atoms with van der Waals surface area (Å²) < 4.78 is 54.6. The van der Waals surface area contributed by atoms with Gasteiger partial charge in [0.2, 0.25) is 0 Å². The topological polar surface area (TPSA) is 49.6 Å². The standard InChI is InChI=1S/C20H18F4N4O/c1-13-3-6-17(26-12-13)27-18(29)19(21)7-9-28(10-8-19)14-4-5-16(25-2)15(11-14)20(22,23)24/h3-6,11-12H,7-10H2,1H3,(H,26,27,29). The molecule has 3 rings (SSSR count). The fourth-order valence-electron chi connectivity index (χ4n) is 3.16. The summed E-state index contributed by atoms with van der Waals surface area (Å²) in [6.07, 6.45) is -3.45. The molecule has 1 N–H and O–H groups in total. The van der Waals surface area contributed by atoms with Crippen LogP contribution in [0, 0.1) is 13.5 Å². The first-order chi connectivity index (χ1) is 13.6. The number of piperidine rings is 1. The third-order valence-electron chi connectivity index (χ3n) is 4.89. The first kappa shape index (κ1) is 20.6. The van der Waals surface area contributed by atoms with Gasteiger partial charge in [-0.15, -0.1) is 0 Å². The van der Waals surface area contributed by atoms with Crippen LogP contribution in [0.4, 0.5) is 34.8 Å². The third kappa shape index (κ3) is 4.47. The van der Waals surface area contributed by atoms with Crippen LogP contribution >= 0.6 is 0 Å². The average Bonchev–Trinajstić information content (AvgIpc) is 2.69. The van der Waals surface area contributed by atoms with Gasteiger partial charge in [0.15, 0.2) is 11.4 Å². The zero-order chi connectivity index (χ0) is 21.2. The summed E-state index contributed by atoms with van der Waals surface area (Å²) in [7, 11) is 0. The lowest BCUT2D eigenvalue weighted by Gasteiger charge is -2.36. The number of hydrogen-bond acceptors (Lipinski definition) is 3. The molecule has 0 saturated carbocycles. The fraction of sp³-hybridized carbons (Fsp3) is 0.350. The van der Waals surface area contributed by atoms with Crippen molar-refractivity contribution in [3.63, 3.8) is 0 Å². The molecule has 1 fully saturated rings. The molecule has 2 aromatic rings. The van der Waals surface area contributed by atoms with Crippen LogP contribution in [0.25, 0.3) is 4.85 Å². The van der Waals surface area contributed by atoms with Crippen LogP contribution in [0.2, 0.25) is 0 Å². The van der Waals surface area contributed by atoms with E-state index in [0.717, 1.165) is 17.7 Å². The molecule has 0 aliphatic carbocycles. The van der Waals surface area contributed by atoms with E-state index in [0.29, 0.717) is 0 Å². The number of aromatic nitrogens is 1. The van der Waals surface area contributed by atoms with Crippen molar-refractivity contribution in [2.75, 3.05) is 23.3 Å². The predicted molar refractivity (Wildman–Crippen MR) is 101 cm³/mol. The van der Waals surface area contributed by atoms with E-state index in [1.165, 1.54) is 6.07 Å². The van der Waals surface area contributed by atoms with E-state index in [1.807, 2.05) is 6.92 Å². The Morgan fingerprint density at radius 3 is 2.48 bits per heavy atom. The van der Waals surface area contributed by atoms with E-state index in [2.05, 4.69) is 15.1 Å². The quantitative estimate of drug-likeness (QED) is 0.582. The van der Waals surface area contributed by atoms with Crippen molar-refractivity contribution < 1.29 is 22.4 Å². The highest BCUT2D eigenvalue weighted by atomic mass is 19.4. The van der Waals surface area contributed by atoms with Gasteiger partial charge in [-0.2, -0.15) is 13.2 Å². The zero-order valence-electron chi connectivity index (χ0n) is 15.6. The molecule has 1 aromatic heterocycles. The number of rotatable bonds is 3. The lowest BCUT2D eigenvalue weighted by Crippen LogP contribution is -2.49. The molecule has 1 aliphatic heterocycles. The number of anilines is 2. The first-order valence-corrected chi connectivity index (χ1v) is 8.89. The van der Waals surface area contributed by atoms with Gasteiger partial charge >= 0.3 is 6.18 Å². The Kier molecular flexibility index (Phi) is 5.46. The van der Waals surface area contributed by atoms with Gasteiger partial charge in [-0.3, -0.25) is 4.79 Å². The van der Waals surface area contributed by atoms with Gasteiger partial charge in [0.05, 0.1) is 12.1 Å². The molecule has 2 heterocycles. The van der Waals surface area contributed by atoms with Crippen LogP contribution in [0.3, 0.4) is 0 Å². The van der Waals surface area contributed by atoms with Crippen molar-refractivity contribution in [2.45, 2.75) is 31.6 Å². The van der Waals surface area contributed by atoms with Crippen LogP contribution in [-0.4, -0.2) is 29.6 Å². The van der Waals surface area contributed by atoms with Gasteiger partial charge in [0, 0.05) is 37.8 Å². The highest BCUT2D eigenvalue weighted by Crippen LogP contribution is 2.40. The zero-order valence-corrected chi connectivity index (χ0v) is 15.6. The maximum absolute atomic E-state index is 15.1. The van der Waals surface area contributed by atoms with Crippen LogP contribution < -0.4 is 10.2 Å². The maximum Gasteiger partial charge on any atom is 0.407 e. The van der Waals surface area contributed by atoms with Crippen molar-refractivity contribution >= 4 is 23.1 Å². The number of amides is 1. The van der Waals surface area contributed by atoms with Gasteiger partial charge in [-0.1, -0.05) is 12.1 Å². The number of benzene rings is 1. The Hall–Kier alpha value is -3.15. The summed E-state index contributed by atoms with van der Waals surface area (Å²) in [5, 5.41) is 2.45. The lowest BCUT2D eigenvalue weighted by atomic mass is 9.92. The number of nitrogens with zero attached hydrogens (tertiary/aromatic N) is 3. The minimum Gasteiger partial charge on any atom is -0.371 e. The van der Waals surface area contributed by atoms with Crippen molar-refractivity contribution in [3.05, 3.63) is 59.1 Å². The Bertz CT molecular complexity index is 942. The van der Waals surface area contributed by atoms with Crippen LogP contribution in [-0.2, 0) is 11.0 Å². The SMILES string of the molecule is [C-]#[N+]c1ccc(N2CCC(F)(C(=O)Nc3ccc(C)cn3)CC2)cc1C(F)(F)F. The monoisotopic (exact) mass is 406 g/mol. The summed E-state index contributed by atoms with van der Waals surface area (Å²) in [5.74, 6) is -0.572. The molecule has 1 aromatic carbocycles. The largest absolute Gasteiger partial charge is 0.407 e. The van der Waals surface area contributed by atoms with Crippen LogP contribution in [0.5, 0.6) is 0 Å². The number of nitrogens with one attached hydrogen (secondary N) is 1. The van der Waals surface area contributed by atoms with E-state index in [4.69, 9.17) is 6.57 Å². The van der Waals surface area contributed by atoms with Crippen LogP contribution in [0.1, 0.15) is 24.0 Å². The number of carbonyl (C=O) groups is 1. The predicted octanol–water partition coefficient (Wildman–Crippen LogP) is 4.91. The molecule has 0 atom stereocenters. The van der Waals surface area contributed by atoms with Crippen molar-refractivity contribution in [2.24, 2.45) is 0 Å². The average molecular weight is 406 g/mol. The molecule has 0 bridgehead atoms. The van der Waals surface area contributed by atoms with Gasteiger partial charge in [-0.25, -0.2) is 14.2 Å². The normalized spacial score (nSPS) is 16.2. The molecule has 0 radical (unpaired) electrons. The summed E-state index contributed by atoms with van der Waals surface area (Å²) in [5.41, 5.74) is -2.50. The van der Waals surface area contributed by atoms with Crippen molar-refractivity contribution in [1.82, 2.24) is 4.98 Å². The second-order valence-corrected chi connectivity index (χ2v) is 6.94. The van der Waals surface area contributed by atoms with Crippen LogP contribution in [0.15, 0.2) is 36.5 Å². The first-order valence-electron chi connectivity index (χ1n) is 8.89. The fourth-order valence-corrected chi connectivity index (χ4v) is 3.16. The number of aryl methyl sites for hydroxylation is 1. The van der Waals surface area contributed by atoms with Gasteiger partial charge < -0.3 is 10.2 Å². The number of carbonyl (C=O) groups excluding carboxylic acids is 1. The number of pyridine rings is 1. The molecule has 5 nitrogen and oxygen atoms in total. The van der Waals surface area contributed by atoms with Crippen molar-refractivity contribution in [3.8, 4) is 0 Å². The van der Waals surface area contributed by atoms with E-state index < -0.39 is 29.0 Å². The minimum atomic E-state index is -4.66. The third-order valence-corrected chi connectivity index (χ3v) is 4.89. The van der Waals surface area contributed by atoms with Gasteiger partial charge in [0.25, 0.3) is 5.91 Å². The second kappa shape index (κ2) is 7.70. The number of alkyl halides is 4. The van der Waals surface area contributed by atoms with Gasteiger partial charge in [-0.05, 0) is 30.7 Å². The van der Waals surface area contributed by atoms with E-state index in [9.17, 15) is 18.0 Å². The highest BCUT2D eigenvalue weighted by molar-refractivity contribution is 5.96. The molecule has 152 valence electrons. The Labute approximate surface area is 165 Å². The van der Waals surface area contributed by atoms with E-state index >= 15 is 4.39 Å². The van der Waals surface area contributed by atoms with E-state index in [-0.39, 0.29) is 37.4 Å². The molecule has 1 saturated heterocycles. The molecule has 0 spiro atoms. The smallest absolute Gasteiger partial charge is 0.371 e. The van der Waals surface area contributed by atoms with Crippen molar-refractivity contribution in [1.29, 1.82) is 0 Å². The summed E-state index contributed by atoms with van der Waals surface area (Å²) in [6, 6.07) is 6.72. The maximum atomic E-state index is 15.1. The molecule has 1 amide bonds. The van der Waals surface area contributed by atoms with E-state index in [1.54, 1.807) is 23.2 Å². The Balaban J connectivity index is 1.70. The highest BCUT2D eigenvalue weighted by Gasteiger charge is 2.42. The molecule has 1 aliphatic rings. The second-order valence-electron chi connectivity index (χ2n) is 6.94. The summed E-state index contributed by atoms with van der Waals surface area (Å²) in [4.78, 5) is 20.9. The minimum absolute atomic E-state index is 0.0694. The lowest BCUT2D eigenvalue weighted by molar-refractivity contribution is -0.136. The molecular formula is C20H18F4N4O. The van der Waals surface area contributed by atoms with Gasteiger partial charge in [0.1, 0.15) is 5.82 Å². The number of hydrogen-bond donors (Lipinski definition) is 1. The summed E-state index contributed by atoms with van der Waals surface area (Å²) >= 11 is 0. The Morgan fingerprint density at radius 1 is 1.24 bits per heavy atom. The molecule has 0 unspecified atom stereocenters. The molecular weight excluding hydrogens is 388 g/mol.